The molecular weight excluding hydrogens is 410 g/mol. The van der Waals surface area contributed by atoms with E-state index >= 15 is 0 Å². The fourth-order valence-electron chi connectivity index (χ4n) is 3.23. The second kappa shape index (κ2) is 10.5. The Hall–Kier alpha value is -2.80. The van der Waals surface area contributed by atoms with E-state index in [4.69, 9.17) is 9.47 Å². The van der Waals surface area contributed by atoms with Crippen LogP contribution in [0.25, 0.3) is 0 Å². The predicted molar refractivity (Wildman–Crippen MR) is 123 cm³/mol. The number of ketones is 1. The Balaban J connectivity index is 1.67. The SMILES string of the molecule is CCn1c(COc2cc(C)ccc2C(C)C)nnc1SCC(=O)c1ccc(OC)cc1. The number of thioether (sulfide) groups is 1. The molecule has 31 heavy (non-hydrogen) atoms. The van der Waals surface area contributed by atoms with Gasteiger partial charge in [0.1, 0.15) is 18.1 Å². The highest BCUT2D eigenvalue weighted by atomic mass is 32.2. The molecule has 1 aromatic heterocycles. The summed E-state index contributed by atoms with van der Waals surface area (Å²) >= 11 is 1.39. The van der Waals surface area contributed by atoms with Crippen LogP contribution in [0.1, 0.15) is 54.0 Å². The van der Waals surface area contributed by atoms with Gasteiger partial charge >= 0.3 is 0 Å². The van der Waals surface area contributed by atoms with Gasteiger partial charge in [0, 0.05) is 12.1 Å². The molecule has 0 atom stereocenters. The Morgan fingerprint density at radius 1 is 1.13 bits per heavy atom. The number of benzene rings is 2. The van der Waals surface area contributed by atoms with E-state index in [2.05, 4.69) is 49.2 Å². The number of hydrogen-bond donors (Lipinski definition) is 0. The molecule has 2 aromatic carbocycles. The van der Waals surface area contributed by atoms with E-state index in [0.29, 0.717) is 30.4 Å². The molecule has 0 saturated heterocycles. The number of aromatic nitrogens is 3. The number of ether oxygens (including phenoxy) is 2. The lowest BCUT2D eigenvalue weighted by Crippen LogP contribution is -2.09. The summed E-state index contributed by atoms with van der Waals surface area (Å²) in [6.07, 6.45) is 0. The quantitative estimate of drug-likeness (QED) is 0.316. The molecule has 0 saturated carbocycles. The highest BCUT2D eigenvalue weighted by molar-refractivity contribution is 7.99. The molecule has 0 fully saturated rings. The minimum atomic E-state index is 0.0393. The summed E-state index contributed by atoms with van der Waals surface area (Å²) in [5, 5.41) is 9.32. The number of rotatable bonds is 10. The summed E-state index contributed by atoms with van der Waals surface area (Å²) in [6, 6.07) is 13.4. The average molecular weight is 440 g/mol. The van der Waals surface area contributed by atoms with Crippen LogP contribution in [0.2, 0.25) is 0 Å². The Morgan fingerprint density at radius 2 is 1.87 bits per heavy atom. The summed E-state index contributed by atoms with van der Waals surface area (Å²) in [4.78, 5) is 12.5. The van der Waals surface area contributed by atoms with Crippen LogP contribution >= 0.6 is 11.8 Å². The van der Waals surface area contributed by atoms with Gasteiger partial charge in [-0.1, -0.05) is 37.7 Å². The van der Waals surface area contributed by atoms with Crippen LogP contribution in [0.5, 0.6) is 11.5 Å². The van der Waals surface area contributed by atoms with Crippen molar-refractivity contribution in [3.05, 3.63) is 65.0 Å². The third-order valence-corrected chi connectivity index (χ3v) is 5.97. The van der Waals surface area contributed by atoms with Crippen molar-refractivity contribution in [3.8, 4) is 11.5 Å². The molecule has 1 heterocycles. The van der Waals surface area contributed by atoms with Crippen LogP contribution in [0, 0.1) is 6.92 Å². The van der Waals surface area contributed by atoms with Crippen molar-refractivity contribution >= 4 is 17.5 Å². The maximum atomic E-state index is 12.5. The summed E-state index contributed by atoms with van der Waals surface area (Å²) in [6.45, 7) is 9.43. The Labute approximate surface area is 188 Å². The van der Waals surface area contributed by atoms with E-state index in [1.54, 1.807) is 31.4 Å². The first-order chi connectivity index (χ1) is 14.9. The van der Waals surface area contributed by atoms with Crippen LogP contribution < -0.4 is 9.47 Å². The Morgan fingerprint density at radius 3 is 2.52 bits per heavy atom. The fourth-order valence-corrected chi connectivity index (χ4v) is 4.14. The lowest BCUT2D eigenvalue weighted by Gasteiger charge is -2.15. The van der Waals surface area contributed by atoms with Gasteiger partial charge < -0.3 is 14.0 Å². The zero-order valence-electron chi connectivity index (χ0n) is 18.7. The van der Waals surface area contributed by atoms with Gasteiger partial charge in [-0.3, -0.25) is 4.79 Å². The second-order valence-electron chi connectivity index (χ2n) is 7.57. The maximum Gasteiger partial charge on any atom is 0.191 e. The zero-order valence-corrected chi connectivity index (χ0v) is 19.5. The number of hydrogen-bond acceptors (Lipinski definition) is 6. The van der Waals surface area contributed by atoms with Crippen molar-refractivity contribution < 1.29 is 14.3 Å². The minimum Gasteiger partial charge on any atom is -0.497 e. The number of nitrogens with zero attached hydrogens (tertiary/aromatic N) is 3. The van der Waals surface area contributed by atoms with Gasteiger partial charge in [-0.15, -0.1) is 10.2 Å². The summed E-state index contributed by atoms with van der Waals surface area (Å²) < 4.78 is 13.3. The maximum absolute atomic E-state index is 12.5. The first kappa shape index (κ1) is 22.9. The number of Topliss-reactive ketones (excluding diaryl/α,β-unsaturated/α-hetero) is 1. The normalized spacial score (nSPS) is 11.0. The molecule has 3 rings (SSSR count). The van der Waals surface area contributed by atoms with Gasteiger partial charge in [0.2, 0.25) is 0 Å². The van der Waals surface area contributed by atoms with Gasteiger partial charge in [0.15, 0.2) is 16.8 Å². The molecular formula is C24H29N3O3S. The standard InChI is InChI=1S/C24H29N3O3S/c1-6-27-23(14-30-22-13-17(4)7-12-20(22)16(2)3)25-26-24(27)31-15-21(28)18-8-10-19(29-5)11-9-18/h7-13,16H,6,14-15H2,1-5H3. The van der Waals surface area contributed by atoms with E-state index < -0.39 is 0 Å². The van der Waals surface area contributed by atoms with Crippen LogP contribution in [0.4, 0.5) is 0 Å². The van der Waals surface area contributed by atoms with Gasteiger partial charge in [-0.2, -0.15) is 0 Å². The van der Waals surface area contributed by atoms with Crippen molar-refractivity contribution in [2.24, 2.45) is 0 Å². The van der Waals surface area contributed by atoms with Crippen molar-refractivity contribution in [3.63, 3.8) is 0 Å². The lowest BCUT2D eigenvalue weighted by molar-refractivity contribution is 0.102. The largest absolute Gasteiger partial charge is 0.497 e. The van der Waals surface area contributed by atoms with Crippen molar-refractivity contribution in [1.29, 1.82) is 0 Å². The Bertz CT molecular complexity index is 1030. The van der Waals surface area contributed by atoms with Gasteiger partial charge in [0.25, 0.3) is 0 Å². The van der Waals surface area contributed by atoms with Crippen LogP contribution in [0.3, 0.4) is 0 Å². The number of carbonyl (C=O) groups excluding carboxylic acids is 1. The molecule has 0 spiro atoms. The first-order valence-electron chi connectivity index (χ1n) is 10.4. The predicted octanol–water partition coefficient (Wildman–Crippen LogP) is 5.29. The first-order valence-corrected chi connectivity index (χ1v) is 11.4. The van der Waals surface area contributed by atoms with Gasteiger partial charge in [-0.25, -0.2) is 0 Å². The molecule has 0 radical (unpaired) electrons. The molecule has 0 aliphatic rings. The molecule has 0 unspecified atom stereocenters. The summed E-state index contributed by atoms with van der Waals surface area (Å²) in [5.74, 6) is 3.06. The van der Waals surface area contributed by atoms with Crippen molar-refractivity contribution in [1.82, 2.24) is 14.8 Å². The molecule has 0 N–H and O–H groups in total. The van der Waals surface area contributed by atoms with Crippen LogP contribution in [-0.2, 0) is 13.2 Å². The van der Waals surface area contributed by atoms with Gasteiger partial charge in [-0.05, 0) is 61.2 Å². The zero-order chi connectivity index (χ0) is 22.4. The Kier molecular flexibility index (Phi) is 7.74. The van der Waals surface area contributed by atoms with E-state index in [1.807, 2.05) is 11.5 Å². The molecule has 0 aliphatic heterocycles. The third-order valence-electron chi connectivity index (χ3n) is 5.00. The van der Waals surface area contributed by atoms with E-state index in [9.17, 15) is 4.79 Å². The molecule has 0 bridgehead atoms. The number of methoxy groups -OCH3 is 1. The van der Waals surface area contributed by atoms with E-state index in [0.717, 1.165) is 28.0 Å². The number of carbonyl (C=O) groups is 1. The summed E-state index contributed by atoms with van der Waals surface area (Å²) in [7, 11) is 1.61. The van der Waals surface area contributed by atoms with Crippen LogP contribution in [0.15, 0.2) is 47.6 Å². The van der Waals surface area contributed by atoms with E-state index in [-0.39, 0.29) is 5.78 Å². The third kappa shape index (κ3) is 5.67. The highest BCUT2D eigenvalue weighted by Crippen LogP contribution is 2.28. The molecule has 6 nitrogen and oxygen atoms in total. The van der Waals surface area contributed by atoms with Crippen LogP contribution in [-0.4, -0.2) is 33.4 Å². The summed E-state index contributed by atoms with van der Waals surface area (Å²) in [5.41, 5.74) is 2.98. The average Bonchev–Trinajstić information content (AvgIpc) is 3.17. The second-order valence-corrected chi connectivity index (χ2v) is 8.51. The lowest BCUT2D eigenvalue weighted by atomic mass is 10.0. The molecule has 7 heteroatoms. The van der Waals surface area contributed by atoms with Crippen molar-refractivity contribution in [2.75, 3.05) is 12.9 Å². The van der Waals surface area contributed by atoms with E-state index in [1.165, 1.54) is 17.3 Å². The fraction of sp³-hybridized carbons (Fsp3) is 0.375. The van der Waals surface area contributed by atoms with Gasteiger partial charge in [0.05, 0.1) is 12.9 Å². The minimum absolute atomic E-state index is 0.0393. The smallest absolute Gasteiger partial charge is 0.191 e. The molecule has 3 aromatic rings. The topological polar surface area (TPSA) is 66.2 Å². The monoisotopic (exact) mass is 439 g/mol. The van der Waals surface area contributed by atoms with Crippen molar-refractivity contribution in [2.45, 2.75) is 51.9 Å². The molecule has 164 valence electrons. The molecule has 0 aliphatic carbocycles. The highest BCUT2D eigenvalue weighted by Gasteiger charge is 2.16. The molecule has 0 amide bonds. The number of aryl methyl sites for hydroxylation is 1.